The van der Waals surface area contributed by atoms with Crippen molar-refractivity contribution in [1.82, 2.24) is 9.97 Å². The number of anilines is 2. The standard InChI is InChI=1S/C16H19N5O2S/c1-9(17)6-12-10(2)13-14(24-12)15(21-16(20-13)19-8-22)18-7-11-4-3-5-23-11/h3-5,8-9H,6-7,17H2,1-2H3,(H2,18,19,20,21,22)/t9-/m1/s1. The number of hydrogen-bond acceptors (Lipinski definition) is 7. The zero-order chi connectivity index (χ0) is 17.1. The van der Waals surface area contributed by atoms with Crippen LogP contribution < -0.4 is 16.4 Å². The molecule has 4 N–H and O–H groups in total. The summed E-state index contributed by atoms with van der Waals surface area (Å²) in [7, 11) is 0. The molecule has 0 saturated heterocycles. The van der Waals surface area contributed by atoms with Gasteiger partial charge in [-0.2, -0.15) is 4.98 Å². The highest BCUT2D eigenvalue weighted by Crippen LogP contribution is 2.35. The number of amides is 1. The number of aryl methyl sites for hydroxylation is 1. The van der Waals surface area contributed by atoms with Crippen LogP contribution in [-0.2, 0) is 17.8 Å². The van der Waals surface area contributed by atoms with E-state index >= 15 is 0 Å². The molecule has 8 heteroatoms. The van der Waals surface area contributed by atoms with Gasteiger partial charge in [0.1, 0.15) is 11.6 Å². The molecule has 0 aliphatic rings. The van der Waals surface area contributed by atoms with Crippen LogP contribution in [0.4, 0.5) is 11.8 Å². The Morgan fingerprint density at radius 2 is 2.29 bits per heavy atom. The summed E-state index contributed by atoms with van der Waals surface area (Å²) in [6.07, 6.45) is 2.98. The first-order valence-electron chi connectivity index (χ1n) is 7.60. The van der Waals surface area contributed by atoms with E-state index in [9.17, 15) is 4.79 Å². The van der Waals surface area contributed by atoms with Crippen LogP contribution in [0.2, 0.25) is 0 Å². The Kier molecular flexibility index (Phi) is 4.77. The summed E-state index contributed by atoms with van der Waals surface area (Å²) in [5.41, 5.74) is 7.84. The number of furan rings is 1. The Bertz CT molecular complexity index is 842. The summed E-state index contributed by atoms with van der Waals surface area (Å²) in [5.74, 6) is 1.74. The summed E-state index contributed by atoms with van der Waals surface area (Å²) < 4.78 is 6.29. The average molecular weight is 345 g/mol. The maximum atomic E-state index is 10.8. The fraction of sp³-hybridized carbons (Fsp3) is 0.312. The molecule has 0 aliphatic heterocycles. The number of nitrogens with one attached hydrogen (secondary N) is 2. The van der Waals surface area contributed by atoms with Gasteiger partial charge < -0.3 is 15.5 Å². The molecule has 0 aliphatic carbocycles. The van der Waals surface area contributed by atoms with E-state index in [0.717, 1.165) is 28.0 Å². The second kappa shape index (κ2) is 6.98. The molecule has 0 radical (unpaired) electrons. The van der Waals surface area contributed by atoms with E-state index in [-0.39, 0.29) is 12.0 Å². The van der Waals surface area contributed by atoms with Crippen LogP contribution in [0, 0.1) is 6.92 Å². The van der Waals surface area contributed by atoms with Gasteiger partial charge in [0.15, 0.2) is 0 Å². The molecule has 3 aromatic rings. The Morgan fingerprint density at radius 3 is 2.96 bits per heavy atom. The minimum absolute atomic E-state index is 0.0665. The molecule has 0 spiro atoms. The second-order valence-corrected chi connectivity index (χ2v) is 6.71. The molecule has 0 fully saturated rings. The van der Waals surface area contributed by atoms with E-state index in [1.165, 1.54) is 4.88 Å². The summed E-state index contributed by atoms with van der Waals surface area (Å²) in [4.78, 5) is 20.8. The van der Waals surface area contributed by atoms with Crippen molar-refractivity contribution < 1.29 is 9.21 Å². The van der Waals surface area contributed by atoms with Crippen LogP contribution in [0.3, 0.4) is 0 Å². The number of hydrogen-bond donors (Lipinski definition) is 3. The van der Waals surface area contributed by atoms with Gasteiger partial charge in [-0.3, -0.25) is 10.1 Å². The smallest absolute Gasteiger partial charge is 0.231 e. The predicted octanol–water partition coefficient (Wildman–Crippen LogP) is 2.66. The highest BCUT2D eigenvalue weighted by atomic mass is 32.1. The Hall–Kier alpha value is -2.45. The normalized spacial score (nSPS) is 12.3. The lowest BCUT2D eigenvalue weighted by molar-refractivity contribution is -0.105. The highest BCUT2D eigenvalue weighted by molar-refractivity contribution is 7.19. The van der Waals surface area contributed by atoms with E-state index in [4.69, 9.17) is 10.2 Å². The zero-order valence-electron chi connectivity index (χ0n) is 13.5. The van der Waals surface area contributed by atoms with Crippen LogP contribution in [0.1, 0.15) is 23.1 Å². The van der Waals surface area contributed by atoms with Crippen LogP contribution >= 0.6 is 11.3 Å². The predicted molar refractivity (Wildman–Crippen MR) is 95.2 cm³/mol. The Balaban J connectivity index is 2.01. The summed E-state index contributed by atoms with van der Waals surface area (Å²) in [6, 6.07) is 3.79. The summed E-state index contributed by atoms with van der Waals surface area (Å²) in [5, 5.41) is 5.79. The summed E-state index contributed by atoms with van der Waals surface area (Å²) >= 11 is 1.63. The zero-order valence-corrected chi connectivity index (χ0v) is 14.3. The first-order valence-corrected chi connectivity index (χ1v) is 8.42. The largest absolute Gasteiger partial charge is 0.467 e. The van der Waals surface area contributed by atoms with Crippen LogP contribution in [-0.4, -0.2) is 22.4 Å². The Labute approximate surface area is 143 Å². The van der Waals surface area contributed by atoms with Gasteiger partial charge in [-0.25, -0.2) is 4.98 Å². The molecule has 126 valence electrons. The molecule has 24 heavy (non-hydrogen) atoms. The first kappa shape index (κ1) is 16.4. The molecule has 1 atom stereocenters. The van der Waals surface area contributed by atoms with Crippen molar-refractivity contribution >= 4 is 39.7 Å². The van der Waals surface area contributed by atoms with Gasteiger partial charge in [0, 0.05) is 10.9 Å². The Morgan fingerprint density at radius 1 is 1.46 bits per heavy atom. The number of nitrogens with two attached hydrogens (primary N) is 1. The molecular formula is C16H19N5O2S. The fourth-order valence-corrected chi connectivity index (χ4v) is 3.79. The number of carbonyl (C=O) groups is 1. The number of thiophene rings is 1. The maximum Gasteiger partial charge on any atom is 0.231 e. The molecule has 1 amide bonds. The molecular weight excluding hydrogens is 326 g/mol. The monoisotopic (exact) mass is 345 g/mol. The summed E-state index contributed by atoms with van der Waals surface area (Å²) in [6.45, 7) is 4.49. The number of fused-ring (bicyclic) bond motifs is 1. The molecule has 3 aromatic heterocycles. The number of carbonyl (C=O) groups excluding carboxylic acids is 1. The van der Waals surface area contributed by atoms with Crippen LogP contribution in [0.25, 0.3) is 10.2 Å². The van der Waals surface area contributed by atoms with Gasteiger partial charge in [0.2, 0.25) is 12.4 Å². The van der Waals surface area contributed by atoms with Crippen molar-refractivity contribution in [2.75, 3.05) is 10.6 Å². The quantitative estimate of drug-likeness (QED) is 0.568. The number of aromatic nitrogens is 2. The van der Waals surface area contributed by atoms with Gasteiger partial charge in [-0.1, -0.05) is 0 Å². The number of nitrogens with zero attached hydrogens (tertiary/aromatic N) is 2. The average Bonchev–Trinajstić information content (AvgIpc) is 3.15. The SMILES string of the molecule is Cc1c(C[C@@H](C)N)sc2c(NCc3ccco3)nc(NC=O)nc12. The van der Waals surface area contributed by atoms with Crippen molar-refractivity contribution in [2.24, 2.45) is 5.73 Å². The van der Waals surface area contributed by atoms with E-state index in [0.29, 0.717) is 18.8 Å². The third-order valence-electron chi connectivity index (χ3n) is 3.57. The second-order valence-electron chi connectivity index (χ2n) is 5.60. The topological polar surface area (TPSA) is 106 Å². The molecule has 7 nitrogen and oxygen atoms in total. The van der Waals surface area contributed by atoms with Gasteiger partial charge in [-0.15, -0.1) is 11.3 Å². The number of rotatable bonds is 7. The molecule has 0 bridgehead atoms. The van der Waals surface area contributed by atoms with Gasteiger partial charge >= 0.3 is 0 Å². The van der Waals surface area contributed by atoms with E-state index in [1.54, 1.807) is 17.6 Å². The van der Waals surface area contributed by atoms with Gasteiger partial charge in [-0.05, 0) is 38.0 Å². The van der Waals surface area contributed by atoms with Crippen LogP contribution in [0.15, 0.2) is 22.8 Å². The molecule has 0 aromatic carbocycles. The molecule has 3 rings (SSSR count). The van der Waals surface area contributed by atoms with Crippen molar-refractivity contribution in [3.63, 3.8) is 0 Å². The maximum absolute atomic E-state index is 10.8. The van der Waals surface area contributed by atoms with Gasteiger partial charge in [0.05, 0.1) is 23.0 Å². The van der Waals surface area contributed by atoms with Crippen LogP contribution in [0.5, 0.6) is 0 Å². The fourth-order valence-electron chi connectivity index (χ4n) is 2.44. The third kappa shape index (κ3) is 3.39. The van der Waals surface area contributed by atoms with Gasteiger partial charge in [0.25, 0.3) is 0 Å². The van der Waals surface area contributed by atoms with E-state index in [1.807, 2.05) is 26.0 Å². The first-order chi connectivity index (χ1) is 11.6. The molecule has 3 heterocycles. The lowest BCUT2D eigenvalue weighted by Gasteiger charge is -2.07. The van der Waals surface area contributed by atoms with E-state index in [2.05, 4.69) is 20.6 Å². The third-order valence-corrected chi connectivity index (χ3v) is 4.88. The lowest BCUT2D eigenvalue weighted by Crippen LogP contribution is -2.17. The molecule has 0 saturated carbocycles. The van der Waals surface area contributed by atoms with Crippen molar-refractivity contribution in [3.8, 4) is 0 Å². The minimum atomic E-state index is 0.0665. The van der Waals surface area contributed by atoms with E-state index < -0.39 is 0 Å². The lowest BCUT2D eigenvalue weighted by atomic mass is 10.1. The minimum Gasteiger partial charge on any atom is -0.467 e. The molecule has 0 unspecified atom stereocenters. The highest BCUT2D eigenvalue weighted by Gasteiger charge is 2.17. The van der Waals surface area contributed by atoms with Crippen molar-refractivity contribution in [3.05, 3.63) is 34.6 Å². The van der Waals surface area contributed by atoms with Crippen molar-refractivity contribution in [1.29, 1.82) is 0 Å². The van der Waals surface area contributed by atoms with Crippen molar-refractivity contribution in [2.45, 2.75) is 32.9 Å².